The van der Waals surface area contributed by atoms with E-state index < -0.39 is 23.7 Å². The quantitative estimate of drug-likeness (QED) is 0.611. The summed E-state index contributed by atoms with van der Waals surface area (Å²) in [5.74, 6) is -2.81. The van der Waals surface area contributed by atoms with Crippen molar-refractivity contribution in [3.63, 3.8) is 0 Å². The first-order valence-corrected chi connectivity index (χ1v) is 9.02. The highest BCUT2D eigenvalue weighted by molar-refractivity contribution is 6.28. The van der Waals surface area contributed by atoms with E-state index in [1.807, 2.05) is 0 Å². The number of carbonyl (C=O) groups excluding carboxylic acids is 2. The van der Waals surface area contributed by atoms with Crippen molar-refractivity contribution in [3.8, 4) is 12.3 Å². The third-order valence-electron chi connectivity index (χ3n) is 4.67. The number of terminal acetylenes is 1. The molecule has 1 N–H and O–H groups in total. The Balaban J connectivity index is 1.78. The van der Waals surface area contributed by atoms with Gasteiger partial charge in [-0.2, -0.15) is 10.1 Å². The second-order valence-electron chi connectivity index (χ2n) is 6.64. The van der Waals surface area contributed by atoms with Crippen molar-refractivity contribution in [1.82, 2.24) is 0 Å². The van der Waals surface area contributed by atoms with Crippen LogP contribution in [0.3, 0.4) is 0 Å². The zero-order valence-corrected chi connectivity index (χ0v) is 15.9. The number of hydrogen-bond acceptors (Lipinski definition) is 3. The van der Waals surface area contributed by atoms with E-state index in [1.165, 1.54) is 31.2 Å². The fourth-order valence-corrected chi connectivity index (χ4v) is 2.99. The zero-order valence-electron chi connectivity index (χ0n) is 15.9. The molecule has 0 aliphatic carbocycles. The minimum atomic E-state index is -3.00. The first kappa shape index (κ1) is 20.2. The van der Waals surface area contributed by atoms with Gasteiger partial charge in [-0.05, 0) is 43.3 Å². The largest absolute Gasteiger partial charge is 0.325 e. The van der Waals surface area contributed by atoms with Crippen LogP contribution in [0.5, 0.6) is 0 Å². The van der Waals surface area contributed by atoms with Crippen molar-refractivity contribution in [1.29, 1.82) is 0 Å². The number of nitrogens with one attached hydrogen (secondary N) is 1. The normalized spacial score (nSPS) is 16.4. The Labute approximate surface area is 167 Å². The maximum atomic E-state index is 13.9. The van der Waals surface area contributed by atoms with Gasteiger partial charge in [0, 0.05) is 23.2 Å². The molecule has 1 aliphatic heterocycles. The van der Waals surface area contributed by atoms with Gasteiger partial charge >= 0.3 is 0 Å². The van der Waals surface area contributed by atoms with Gasteiger partial charge in [-0.3, -0.25) is 9.59 Å². The van der Waals surface area contributed by atoms with E-state index in [9.17, 15) is 18.4 Å². The highest BCUT2D eigenvalue weighted by Crippen LogP contribution is 2.33. The van der Waals surface area contributed by atoms with E-state index in [2.05, 4.69) is 16.3 Å². The molecule has 0 saturated carbocycles. The molecular weight excluding hydrogens is 376 g/mol. The number of hydrazone groups is 1. The van der Waals surface area contributed by atoms with Gasteiger partial charge in [0.05, 0.1) is 11.4 Å². The van der Waals surface area contributed by atoms with E-state index in [0.717, 1.165) is 5.01 Å². The number of hydrogen-bond donors (Lipinski definition) is 1. The highest BCUT2D eigenvalue weighted by Gasteiger charge is 2.40. The fraction of sp³-hybridized carbons (Fsp3) is 0.227. The summed E-state index contributed by atoms with van der Waals surface area (Å²) in [5.41, 5.74) is 1.44. The van der Waals surface area contributed by atoms with Gasteiger partial charge in [0.25, 0.3) is 11.8 Å². The lowest BCUT2D eigenvalue weighted by Crippen LogP contribution is -2.36. The molecule has 0 spiro atoms. The lowest BCUT2D eigenvalue weighted by atomic mass is 10.0. The van der Waals surface area contributed by atoms with Crippen LogP contribution >= 0.6 is 0 Å². The van der Waals surface area contributed by atoms with Gasteiger partial charge in [-0.25, -0.2) is 8.78 Å². The molecule has 7 heteroatoms. The average Bonchev–Trinajstić information content (AvgIpc) is 3.02. The monoisotopic (exact) mass is 395 g/mol. The van der Waals surface area contributed by atoms with E-state index in [0.29, 0.717) is 17.0 Å². The van der Waals surface area contributed by atoms with Crippen LogP contribution in [-0.4, -0.2) is 17.5 Å². The summed E-state index contributed by atoms with van der Waals surface area (Å²) in [6.45, 7) is 2.95. The number of anilines is 2. The van der Waals surface area contributed by atoms with Gasteiger partial charge in [-0.1, -0.05) is 25.0 Å². The fourth-order valence-electron chi connectivity index (χ4n) is 2.99. The maximum absolute atomic E-state index is 13.9. The van der Waals surface area contributed by atoms with Crippen molar-refractivity contribution >= 4 is 28.9 Å². The Morgan fingerprint density at radius 1 is 1.28 bits per heavy atom. The predicted molar refractivity (Wildman–Crippen MR) is 108 cm³/mol. The first-order valence-electron chi connectivity index (χ1n) is 9.02. The van der Waals surface area contributed by atoms with Crippen LogP contribution in [0.4, 0.5) is 20.2 Å². The highest BCUT2D eigenvalue weighted by atomic mass is 19.3. The zero-order chi connectivity index (χ0) is 21.2. The molecule has 1 unspecified atom stereocenters. The van der Waals surface area contributed by atoms with Crippen LogP contribution in [0.25, 0.3) is 0 Å². The lowest BCUT2D eigenvalue weighted by Gasteiger charge is -2.17. The number of benzene rings is 2. The Bertz CT molecular complexity index is 1020. The van der Waals surface area contributed by atoms with E-state index in [1.54, 1.807) is 31.2 Å². The summed E-state index contributed by atoms with van der Waals surface area (Å²) in [6.07, 6.45) is 4.97. The summed E-state index contributed by atoms with van der Waals surface area (Å²) < 4.78 is 27.8. The van der Waals surface area contributed by atoms with Gasteiger partial charge in [0.1, 0.15) is 0 Å². The average molecular weight is 395 g/mol. The van der Waals surface area contributed by atoms with Crippen LogP contribution < -0.4 is 10.3 Å². The molecule has 29 heavy (non-hydrogen) atoms. The van der Waals surface area contributed by atoms with Crippen LogP contribution in [0.15, 0.2) is 53.6 Å². The van der Waals surface area contributed by atoms with Gasteiger partial charge in [0.15, 0.2) is 5.92 Å². The summed E-state index contributed by atoms with van der Waals surface area (Å²) in [5, 5.41) is 7.86. The number of carbonyl (C=O) groups is 2. The number of nitrogens with zero attached hydrogens (tertiary/aromatic N) is 2. The minimum Gasteiger partial charge on any atom is -0.325 e. The molecule has 0 fully saturated rings. The molecule has 0 bridgehead atoms. The molecule has 1 atom stereocenters. The number of rotatable bonds is 5. The lowest BCUT2D eigenvalue weighted by molar-refractivity contribution is -0.127. The van der Waals surface area contributed by atoms with Crippen LogP contribution in [0, 0.1) is 18.3 Å². The Morgan fingerprint density at radius 3 is 2.59 bits per heavy atom. The molecule has 3 rings (SSSR count). The third-order valence-corrected chi connectivity index (χ3v) is 4.67. The molecule has 0 radical (unpaired) electrons. The Kier molecular flexibility index (Phi) is 5.46. The number of halogens is 2. The molecule has 148 valence electrons. The molecule has 0 saturated heterocycles. The van der Waals surface area contributed by atoms with Crippen molar-refractivity contribution in [2.75, 3.05) is 10.3 Å². The predicted octanol–water partition coefficient (Wildman–Crippen LogP) is 4.15. The summed E-state index contributed by atoms with van der Waals surface area (Å²) >= 11 is 0. The summed E-state index contributed by atoms with van der Waals surface area (Å²) in [4.78, 5) is 25.5. The molecule has 5 nitrogen and oxygen atoms in total. The Hall–Kier alpha value is -3.53. The number of alkyl halides is 2. The molecule has 2 aromatic rings. The molecule has 1 heterocycles. The first-order chi connectivity index (χ1) is 13.8. The second kappa shape index (κ2) is 7.84. The number of amides is 2. The smallest absolute Gasteiger partial charge is 0.273 e. The van der Waals surface area contributed by atoms with Gasteiger partial charge in [-0.15, -0.1) is 6.42 Å². The summed E-state index contributed by atoms with van der Waals surface area (Å²) in [7, 11) is 0. The van der Waals surface area contributed by atoms with Crippen molar-refractivity contribution in [2.24, 2.45) is 11.0 Å². The van der Waals surface area contributed by atoms with E-state index in [-0.39, 0.29) is 17.7 Å². The molecule has 2 aromatic carbocycles. The van der Waals surface area contributed by atoms with Crippen LogP contribution in [0.2, 0.25) is 0 Å². The third kappa shape index (κ3) is 4.02. The van der Waals surface area contributed by atoms with Gasteiger partial charge in [0.2, 0.25) is 5.91 Å². The van der Waals surface area contributed by atoms with Crippen LogP contribution in [-0.2, 0) is 15.5 Å². The Morgan fingerprint density at radius 2 is 1.97 bits per heavy atom. The molecular formula is C22H19F2N3O2. The second-order valence-corrected chi connectivity index (χ2v) is 6.64. The SMILES string of the molecule is C#Cc1ccc(N2N=C(C)C(C(=O)Nc3cccc(C(F)(F)CC)c3)C2=O)cc1. The van der Waals surface area contributed by atoms with Crippen molar-refractivity contribution in [3.05, 3.63) is 59.7 Å². The topological polar surface area (TPSA) is 61.8 Å². The van der Waals surface area contributed by atoms with Crippen molar-refractivity contribution < 1.29 is 18.4 Å². The summed E-state index contributed by atoms with van der Waals surface area (Å²) in [6, 6.07) is 12.1. The van der Waals surface area contributed by atoms with E-state index >= 15 is 0 Å². The molecule has 2 amide bonds. The molecule has 0 aromatic heterocycles. The maximum Gasteiger partial charge on any atom is 0.273 e. The standard InChI is InChI=1S/C22H19F2N3O2/c1-4-15-9-11-18(12-10-15)27-21(29)19(14(3)26-27)20(28)25-17-8-6-7-16(13-17)22(23,24)5-2/h1,6-13,19H,5H2,2-3H3,(H,25,28). The van der Waals surface area contributed by atoms with Crippen molar-refractivity contribution in [2.45, 2.75) is 26.2 Å². The van der Waals surface area contributed by atoms with Crippen LogP contribution in [0.1, 0.15) is 31.4 Å². The van der Waals surface area contributed by atoms with E-state index in [4.69, 9.17) is 6.42 Å². The molecule has 1 aliphatic rings. The minimum absolute atomic E-state index is 0.193. The van der Waals surface area contributed by atoms with Gasteiger partial charge < -0.3 is 5.32 Å².